The van der Waals surface area contributed by atoms with E-state index in [9.17, 15) is 4.79 Å². The molecule has 3 rings (SSSR count). The lowest BCUT2D eigenvalue weighted by Crippen LogP contribution is -2.41. The van der Waals surface area contributed by atoms with Crippen LogP contribution in [-0.4, -0.2) is 24.9 Å². The summed E-state index contributed by atoms with van der Waals surface area (Å²) in [5.74, 6) is 3.16. The van der Waals surface area contributed by atoms with Gasteiger partial charge in [-0.15, -0.1) is 0 Å². The molecule has 1 aromatic carbocycles. The first-order chi connectivity index (χ1) is 11.9. The molecule has 1 aromatic heterocycles. The van der Waals surface area contributed by atoms with Crippen molar-refractivity contribution in [2.45, 2.75) is 37.7 Å². The normalized spacial score (nSPS) is 18.2. The van der Waals surface area contributed by atoms with E-state index in [0.717, 1.165) is 28.6 Å². The molecule has 1 atom stereocenters. The average Bonchev–Trinajstić information content (AvgIpc) is 3.03. The number of hydrogen-bond acceptors (Lipinski definition) is 5. The van der Waals surface area contributed by atoms with Crippen molar-refractivity contribution in [2.75, 3.05) is 13.4 Å². The number of hydrogen-bond donors (Lipinski definition) is 1. The Labute approximate surface area is 152 Å². The molecule has 1 aliphatic rings. The predicted molar refractivity (Wildman–Crippen MR) is 98.5 cm³/mol. The maximum absolute atomic E-state index is 12.6. The largest absolute Gasteiger partial charge is 0.497 e. The van der Waals surface area contributed by atoms with E-state index in [1.807, 2.05) is 44.4 Å². The Bertz CT molecular complexity index is 769. The Kier molecular flexibility index (Phi) is 4.99. The first kappa shape index (κ1) is 17.7. The van der Waals surface area contributed by atoms with Crippen LogP contribution in [0.2, 0.25) is 0 Å². The summed E-state index contributed by atoms with van der Waals surface area (Å²) in [4.78, 5) is 12.6. The second-order valence-electron chi connectivity index (χ2n) is 6.69. The summed E-state index contributed by atoms with van der Waals surface area (Å²) < 4.78 is 17.0. The van der Waals surface area contributed by atoms with Gasteiger partial charge in [0.25, 0.3) is 5.91 Å². The molecule has 2 heterocycles. The monoisotopic (exact) mass is 361 g/mol. The zero-order chi connectivity index (χ0) is 18.0. The highest BCUT2D eigenvalue weighted by molar-refractivity contribution is 7.97. The van der Waals surface area contributed by atoms with E-state index in [1.54, 1.807) is 24.9 Å². The van der Waals surface area contributed by atoms with Crippen molar-refractivity contribution in [1.82, 2.24) is 5.32 Å². The molecule has 0 aliphatic carbocycles. The van der Waals surface area contributed by atoms with Crippen molar-refractivity contribution < 1.29 is 18.7 Å². The molecule has 0 spiro atoms. The Balaban J connectivity index is 1.84. The van der Waals surface area contributed by atoms with Gasteiger partial charge < -0.3 is 19.2 Å². The lowest BCUT2D eigenvalue weighted by Gasteiger charge is -2.37. The number of rotatable bonds is 5. The standard InChI is InChI=1S/C19H23NO4S/c1-19(2)10-15(14-9-12(22-3)5-7-16(14)24-19)20-18(21)17-8-6-13(23-17)11-25-4/h5-9,15H,10-11H2,1-4H3,(H,20,21)/t15-/m1/s1. The molecular formula is C19H23NO4S. The minimum absolute atomic E-state index is 0.171. The third-order valence-corrected chi connectivity index (χ3v) is 4.72. The van der Waals surface area contributed by atoms with Gasteiger partial charge in [-0.1, -0.05) is 0 Å². The fourth-order valence-electron chi connectivity index (χ4n) is 3.04. The summed E-state index contributed by atoms with van der Waals surface area (Å²) in [7, 11) is 1.62. The Morgan fingerprint density at radius 2 is 2.16 bits per heavy atom. The van der Waals surface area contributed by atoms with Crippen LogP contribution in [0.25, 0.3) is 0 Å². The summed E-state index contributed by atoms with van der Waals surface area (Å²) in [5.41, 5.74) is 0.551. The summed E-state index contributed by atoms with van der Waals surface area (Å²) in [6.07, 6.45) is 2.66. The van der Waals surface area contributed by atoms with E-state index < -0.39 is 0 Å². The van der Waals surface area contributed by atoms with Crippen LogP contribution in [0.4, 0.5) is 0 Å². The van der Waals surface area contributed by atoms with Crippen LogP contribution < -0.4 is 14.8 Å². The van der Waals surface area contributed by atoms with Crippen molar-refractivity contribution in [3.8, 4) is 11.5 Å². The van der Waals surface area contributed by atoms with Crippen molar-refractivity contribution in [1.29, 1.82) is 0 Å². The van der Waals surface area contributed by atoms with Crippen LogP contribution in [-0.2, 0) is 5.75 Å². The number of methoxy groups -OCH3 is 1. The third-order valence-electron chi connectivity index (χ3n) is 4.15. The number of nitrogens with one attached hydrogen (secondary N) is 1. The highest BCUT2D eigenvalue weighted by atomic mass is 32.2. The predicted octanol–water partition coefficient (Wildman–Crippen LogP) is 4.18. The van der Waals surface area contributed by atoms with E-state index in [-0.39, 0.29) is 17.6 Å². The van der Waals surface area contributed by atoms with Crippen LogP contribution in [0, 0.1) is 0 Å². The van der Waals surface area contributed by atoms with E-state index in [0.29, 0.717) is 12.2 Å². The number of thioether (sulfide) groups is 1. The second kappa shape index (κ2) is 7.04. The molecule has 1 amide bonds. The topological polar surface area (TPSA) is 60.7 Å². The molecule has 0 radical (unpaired) electrons. The van der Waals surface area contributed by atoms with Gasteiger partial charge in [0.05, 0.1) is 18.9 Å². The Morgan fingerprint density at radius 3 is 2.88 bits per heavy atom. The number of amides is 1. The van der Waals surface area contributed by atoms with Gasteiger partial charge in [-0.25, -0.2) is 0 Å². The molecule has 0 saturated carbocycles. The Morgan fingerprint density at radius 1 is 1.36 bits per heavy atom. The van der Waals surface area contributed by atoms with Gasteiger partial charge in [-0.2, -0.15) is 11.8 Å². The smallest absolute Gasteiger partial charge is 0.287 e. The van der Waals surface area contributed by atoms with Gasteiger partial charge in [0.2, 0.25) is 0 Å². The first-order valence-corrected chi connectivity index (χ1v) is 9.57. The molecule has 1 aliphatic heterocycles. The molecule has 25 heavy (non-hydrogen) atoms. The quantitative estimate of drug-likeness (QED) is 0.865. The maximum atomic E-state index is 12.6. The number of ether oxygens (including phenoxy) is 2. The number of carbonyl (C=O) groups excluding carboxylic acids is 1. The summed E-state index contributed by atoms with van der Waals surface area (Å²) in [6, 6.07) is 9.05. The maximum Gasteiger partial charge on any atom is 0.287 e. The van der Waals surface area contributed by atoms with E-state index in [4.69, 9.17) is 13.9 Å². The van der Waals surface area contributed by atoms with Gasteiger partial charge >= 0.3 is 0 Å². The van der Waals surface area contributed by atoms with Gasteiger partial charge in [0, 0.05) is 12.0 Å². The lowest BCUT2D eigenvalue weighted by atomic mass is 9.89. The molecule has 0 bridgehead atoms. The van der Waals surface area contributed by atoms with Crippen molar-refractivity contribution >= 4 is 17.7 Å². The molecule has 134 valence electrons. The van der Waals surface area contributed by atoms with E-state index in [2.05, 4.69) is 5.32 Å². The zero-order valence-corrected chi connectivity index (χ0v) is 15.7. The molecule has 1 N–H and O–H groups in total. The van der Waals surface area contributed by atoms with Gasteiger partial charge in [0.15, 0.2) is 5.76 Å². The van der Waals surface area contributed by atoms with Crippen LogP contribution in [0.3, 0.4) is 0 Å². The fraction of sp³-hybridized carbons (Fsp3) is 0.421. The highest BCUT2D eigenvalue weighted by Crippen LogP contribution is 2.41. The molecule has 0 saturated heterocycles. The number of furan rings is 1. The molecule has 0 unspecified atom stereocenters. The SMILES string of the molecule is COc1ccc2c(c1)[C@H](NC(=O)c1ccc(CSC)o1)CC(C)(C)O2. The van der Waals surface area contributed by atoms with E-state index in [1.165, 1.54) is 0 Å². The van der Waals surface area contributed by atoms with Crippen molar-refractivity contribution in [3.05, 3.63) is 47.4 Å². The van der Waals surface area contributed by atoms with Gasteiger partial charge in [-0.05, 0) is 50.4 Å². The van der Waals surface area contributed by atoms with Crippen molar-refractivity contribution in [3.63, 3.8) is 0 Å². The molecule has 6 heteroatoms. The molecule has 5 nitrogen and oxygen atoms in total. The Hall–Kier alpha value is -2.08. The summed E-state index contributed by atoms with van der Waals surface area (Å²) >= 11 is 1.65. The minimum Gasteiger partial charge on any atom is -0.497 e. The molecular weight excluding hydrogens is 338 g/mol. The van der Waals surface area contributed by atoms with Gasteiger partial charge in [0.1, 0.15) is 22.9 Å². The average molecular weight is 361 g/mol. The first-order valence-electron chi connectivity index (χ1n) is 8.17. The molecule has 0 fully saturated rings. The minimum atomic E-state index is -0.368. The van der Waals surface area contributed by atoms with E-state index >= 15 is 0 Å². The van der Waals surface area contributed by atoms with Crippen LogP contribution in [0.5, 0.6) is 11.5 Å². The number of carbonyl (C=O) groups is 1. The summed E-state index contributed by atoms with van der Waals surface area (Å²) in [6.45, 7) is 4.03. The molecule has 2 aromatic rings. The van der Waals surface area contributed by atoms with Crippen molar-refractivity contribution in [2.24, 2.45) is 0 Å². The van der Waals surface area contributed by atoms with Crippen LogP contribution in [0.15, 0.2) is 34.7 Å². The lowest BCUT2D eigenvalue weighted by molar-refractivity contribution is 0.0609. The fourth-order valence-corrected chi connectivity index (χ4v) is 3.48. The summed E-state index contributed by atoms with van der Waals surface area (Å²) in [5, 5.41) is 3.08. The number of fused-ring (bicyclic) bond motifs is 1. The second-order valence-corrected chi connectivity index (χ2v) is 7.56. The van der Waals surface area contributed by atoms with Crippen LogP contribution in [0.1, 0.15) is 48.2 Å². The van der Waals surface area contributed by atoms with Gasteiger partial charge in [-0.3, -0.25) is 4.79 Å². The zero-order valence-electron chi connectivity index (χ0n) is 14.9. The third kappa shape index (κ3) is 3.95. The number of benzene rings is 1. The van der Waals surface area contributed by atoms with Crippen LogP contribution >= 0.6 is 11.8 Å². The highest BCUT2D eigenvalue weighted by Gasteiger charge is 2.35.